The number of amides is 1. The zero-order valence-electron chi connectivity index (χ0n) is 21.4. The first kappa shape index (κ1) is 25.5. The van der Waals surface area contributed by atoms with Gasteiger partial charge in [-0.15, -0.1) is 0 Å². The molecule has 0 aliphatic carbocycles. The van der Waals surface area contributed by atoms with E-state index in [9.17, 15) is 14.7 Å². The fourth-order valence-electron chi connectivity index (χ4n) is 4.70. The highest BCUT2D eigenvalue weighted by Gasteiger charge is 2.33. The lowest BCUT2D eigenvalue weighted by molar-refractivity contribution is -0.122. The van der Waals surface area contributed by atoms with Crippen LogP contribution in [0.3, 0.4) is 0 Å². The van der Waals surface area contributed by atoms with E-state index in [1.54, 1.807) is 11.0 Å². The van der Waals surface area contributed by atoms with E-state index in [4.69, 9.17) is 9.41 Å². The quantitative estimate of drug-likeness (QED) is 0.215. The molecule has 1 fully saturated rings. The molecular formula is C32H25N3O4S. The molecule has 0 atom stereocenters. The first-order valence-corrected chi connectivity index (χ1v) is 13.7. The molecule has 0 spiro atoms. The number of fused-ring (bicyclic) bond motifs is 1. The van der Waals surface area contributed by atoms with Gasteiger partial charge >= 0.3 is 5.97 Å². The van der Waals surface area contributed by atoms with Crippen LogP contribution in [0.1, 0.15) is 27.4 Å². The summed E-state index contributed by atoms with van der Waals surface area (Å²) in [6.45, 7) is 0.882. The maximum atomic E-state index is 13.7. The van der Waals surface area contributed by atoms with Crippen LogP contribution in [0.4, 0.5) is 5.69 Å². The maximum absolute atomic E-state index is 13.7. The highest BCUT2D eigenvalue weighted by Crippen LogP contribution is 2.36. The van der Waals surface area contributed by atoms with Crippen molar-refractivity contribution >= 4 is 51.5 Å². The van der Waals surface area contributed by atoms with Crippen molar-refractivity contribution in [3.63, 3.8) is 0 Å². The maximum Gasteiger partial charge on any atom is 0.371 e. The molecule has 1 aliphatic rings. The molecule has 0 unspecified atom stereocenters. The lowest BCUT2D eigenvalue weighted by Gasteiger charge is -2.15. The van der Waals surface area contributed by atoms with Gasteiger partial charge in [-0.2, -0.15) is 0 Å². The predicted molar refractivity (Wildman–Crippen MR) is 158 cm³/mol. The average Bonchev–Trinajstić information content (AvgIpc) is 3.66. The number of carbonyl (C=O) groups excluding carboxylic acids is 1. The first-order valence-electron chi connectivity index (χ1n) is 12.8. The second kappa shape index (κ2) is 11.1. The smallest absolute Gasteiger partial charge is 0.371 e. The normalized spacial score (nSPS) is 15.5. The highest BCUT2D eigenvalue weighted by atomic mass is 32.2. The second-order valence-corrected chi connectivity index (χ2v) is 10.3. The van der Waals surface area contributed by atoms with Gasteiger partial charge in [0, 0.05) is 29.2 Å². The van der Waals surface area contributed by atoms with Crippen LogP contribution in [0.5, 0.6) is 0 Å². The molecule has 7 nitrogen and oxygen atoms in total. The first-order chi connectivity index (χ1) is 19.5. The number of aliphatic imine (C=N–C) groups is 1. The Labute approximate surface area is 235 Å². The van der Waals surface area contributed by atoms with Gasteiger partial charge in [0.05, 0.1) is 17.1 Å². The average molecular weight is 548 g/mol. The summed E-state index contributed by atoms with van der Waals surface area (Å²) < 4.78 is 7.49. The fraction of sp³-hybridized carbons (Fsp3) is 0.0938. The van der Waals surface area contributed by atoms with Gasteiger partial charge in [0.1, 0.15) is 5.76 Å². The van der Waals surface area contributed by atoms with E-state index in [-0.39, 0.29) is 11.7 Å². The van der Waals surface area contributed by atoms with Gasteiger partial charge in [-0.3, -0.25) is 9.69 Å². The summed E-state index contributed by atoms with van der Waals surface area (Å²) in [6.07, 6.45) is 4.60. The van der Waals surface area contributed by atoms with Gasteiger partial charge in [-0.25, -0.2) is 9.79 Å². The van der Waals surface area contributed by atoms with Crippen molar-refractivity contribution in [1.82, 2.24) is 9.47 Å². The third kappa shape index (κ3) is 5.34. The van der Waals surface area contributed by atoms with Crippen molar-refractivity contribution in [3.05, 3.63) is 131 Å². The zero-order chi connectivity index (χ0) is 27.5. The molecule has 0 saturated carbocycles. The van der Waals surface area contributed by atoms with Crippen molar-refractivity contribution in [2.24, 2.45) is 4.99 Å². The van der Waals surface area contributed by atoms with Crippen molar-refractivity contribution in [2.75, 3.05) is 6.54 Å². The van der Waals surface area contributed by atoms with Gasteiger partial charge in [-0.1, -0.05) is 66.7 Å². The number of rotatable bonds is 8. The predicted octanol–water partition coefficient (Wildman–Crippen LogP) is 6.83. The van der Waals surface area contributed by atoms with Crippen LogP contribution in [-0.4, -0.2) is 38.2 Å². The molecule has 40 heavy (non-hydrogen) atoms. The number of amidine groups is 1. The van der Waals surface area contributed by atoms with E-state index in [0.29, 0.717) is 28.9 Å². The highest BCUT2D eigenvalue weighted by molar-refractivity contribution is 8.18. The Balaban J connectivity index is 1.34. The molecule has 1 amide bonds. The standard InChI is InChI=1S/C32H25N3O4S/c36-30-29(40-32(33-24-11-5-2-6-12-24)35(30)18-17-22-9-3-1-4-10-22)19-23-20-34(27-14-8-7-13-26(23)27)21-25-15-16-28(39-25)31(37)38/h1-16,19-20H,17-18,21H2,(H,37,38)/b29-19-,33-32?. The Hall–Kier alpha value is -4.82. The number of carboxylic acid groups (broad SMARTS) is 1. The third-order valence-corrected chi connectivity index (χ3v) is 7.65. The molecule has 8 heteroatoms. The molecule has 3 aromatic carbocycles. The lowest BCUT2D eigenvalue weighted by atomic mass is 10.1. The second-order valence-electron chi connectivity index (χ2n) is 9.33. The molecule has 1 aliphatic heterocycles. The van der Waals surface area contributed by atoms with Crippen molar-refractivity contribution in [2.45, 2.75) is 13.0 Å². The Kier molecular flexibility index (Phi) is 7.08. The summed E-state index contributed by atoms with van der Waals surface area (Å²) in [6, 6.07) is 30.8. The number of aromatic carboxylic acids is 1. The van der Waals surface area contributed by atoms with Crippen LogP contribution in [0, 0.1) is 0 Å². The number of hydrogen-bond donors (Lipinski definition) is 1. The number of thioether (sulfide) groups is 1. The van der Waals surface area contributed by atoms with E-state index in [0.717, 1.165) is 34.1 Å². The summed E-state index contributed by atoms with van der Waals surface area (Å²) >= 11 is 1.37. The van der Waals surface area contributed by atoms with E-state index in [2.05, 4.69) is 12.1 Å². The molecule has 6 rings (SSSR count). The minimum atomic E-state index is -1.10. The number of benzene rings is 3. The molecule has 1 saturated heterocycles. The van der Waals surface area contributed by atoms with Gasteiger partial charge in [-0.05, 0) is 60.2 Å². The zero-order valence-corrected chi connectivity index (χ0v) is 22.3. The minimum absolute atomic E-state index is 0.0791. The van der Waals surface area contributed by atoms with Gasteiger partial charge in [0.2, 0.25) is 5.76 Å². The molecule has 3 heterocycles. The van der Waals surface area contributed by atoms with Crippen LogP contribution in [0.25, 0.3) is 17.0 Å². The van der Waals surface area contributed by atoms with Crippen molar-refractivity contribution in [3.8, 4) is 0 Å². The topological polar surface area (TPSA) is 88.0 Å². The largest absolute Gasteiger partial charge is 0.475 e. The minimum Gasteiger partial charge on any atom is -0.475 e. The van der Waals surface area contributed by atoms with Crippen LogP contribution in [0.15, 0.2) is 118 Å². The Morgan fingerprint density at radius 1 is 0.925 bits per heavy atom. The summed E-state index contributed by atoms with van der Waals surface area (Å²) in [5, 5.41) is 10.8. The summed E-state index contributed by atoms with van der Waals surface area (Å²) in [7, 11) is 0. The molecule has 2 aromatic heterocycles. The number of nitrogens with zero attached hydrogens (tertiary/aromatic N) is 3. The summed E-state index contributed by atoms with van der Waals surface area (Å²) in [5.74, 6) is -0.740. The number of para-hydroxylation sites is 2. The van der Waals surface area contributed by atoms with E-state index >= 15 is 0 Å². The number of carboxylic acids is 1. The van der Waals surface area contributed by atoms with Gasteiger partial charge in [0.15, 0.2) is 5.17 Å². The molecule has 1 N–H and O–H groups in total. The van der Waals surface area contributed by atoms with Crippen LogP contribution in [-0.2, 0) is 17.8 Å². The summed E-state index contributed by atoms with van der Waals surface area (Å²) in [4.78, 5) is 32.1. The third-order valence-electron chi connectivity index (χ3n) is 6.64. The Morgan fingerprint density at radius 2 is 1.65 bits per heavy atom. The van der Waals surface area contributed by atoms with Crippen molar-refractivity contribution < 1.29 is 19.1 Å². The van der Waals surface area contributed by atoms with Gasteiger partial charge < -0.3 is 14.1 Å². The monoisotopic (exact) mass is 547 g/mol. The fourth-order valence-corrected chi connectivity index (χ4v) is 5.71. The Morgan fingerprint density at radius 3 is 2.40 bits per heavy atom. The van der Waals surface area contributed by atoms with Gasteiger partial charge in [0.25, 0.3) is 5.91 Å². The molecular weight excluding hydrogens is 522 g/mol. The van der Waals surface area contributed by atoms with E-state index in [1.807, 2.05) is 89.6 Å². The summed E-state index contributed by atoms with van der Waals surface area (Å²) in [5.41, 5.74) is 3.79. The van der Waals surface area contributed by atoms with Crippen LogP contribution >= 0.6 is 11.8 Å². The number of aromatic nitrogens is 1. The number of hydrogen-bond acceptors (Lipinski definition) is 5. The number of carbonyl (C=O) groups is 2. The molecule has 198 valence electrons. The lowest BCUT2D eigenvalue weighted by Crippen LogP contribution is -2.31. The van der Waals surface area contributed by atoms with E-state index in [1.165, 1.54) is 17.8 Å². The molecule has 0 bridgehead atoms. The number of furan rings is 1. The van der Waals surface area contributed by atoms with Crippen LogP contribution < -0.4 is 0 Å². The Bertz CT molecular complexity index is 1750. The molecule has 0 radical (unpaired) electrons. The van der Waals surface area contributed by atoms with Crippen molar-refractivity contribution in [1.29, 1.82) is 0 Å². The van der Waals surface area contributed by atoms with E-state index < -0.39 is 5.97 Å². The molecule has 5 aromatic rings. The van der Waals surface area contributed by atoms with Crippen LogP contribution in [0.2, 0.25) is 0 Å². The SMILES string of the molecule is O=C(O)c1ccc(Cn2cc(/C=C3\SC(=Nc4ccccc4)N(CCc4ccccc4)C3=O)c3ccccc32)o1.